The number of hydrogen-bond acceptors (Lipinski definition) is 6. The number of nitrogens with zero attached hydrogens (tertiary/aromatic N) is 2. The van der Waals surface area contributed by atoms with E-state index in [0.29, 0.717) is 26.8 Å². The highest BCUT2D eigenvalue weighted by Crippen LogP contribution is 2.33. The van der Waals surface area contributed by atoms with Crippen molar-refractivity contribution in [1.29, 1.82) is 0 Å². The Morgan fingerprint density at radius 1 is 1.28 bits per heavy atom. The fraction of sp³-hybridized carbons (Fsp3) is 0.188. The van der Waals surface area contributed by atoms with E-state index in [1.807, 2.05) is 30.5 Å². The zero-order valence-corrected chi connectivity index (χ0v) is 16.1. The largest absolute Gasteiger partial charge is 0.493 e. The van der Waals surface area contributed by atoms with E-state index in [9.17, 15) is 4.79 Å². The molecule has 2 N–H and O–H groups in total. The Hall–Kier alpha value is -2.39. The standard InChI is InChI=1S/C16H15BrN4O3S/c1-8-13(17)14(21-20-8)15(22)19-16-18-10(7-25-16)9-4-5-11(23-2)12(6-9)24-3/h4-7H,1-3H3,(H,20,21)(H,18,19,22). The summed E-state index contributed by atoms with van der Waals surface area (Å²) in [5, 5.41) is 11.8. The second kappa shape index (κ2) is 7.24. The summed E-state index contributed by atoms with van der Waals surface area (Å²) in [5.41, 5.74) is 2.68. The molecule has 0 bridgehead atoms. The number of H-pyrrole nitrogens is 1. The molecule has 2 heterocycles. The number of aromatic nitrogens is 3. The quantitative estimate of drug-likeness (QED) is 0.651. The highest BCUT2D eigenvalue weighted by Gasteiger charge is 2.17. The first kappa shape index (κ1) is 17.4. The van der Waals surface area contributed by atoms with Gasteiger partial charge in [0, 0.05) is 16.6 Å². The van der Waals surface area contributed by atoms with E-state index >= 15 is 0 Å². The minimum Gasteiger partial charge on any atom is -0.493 e. The van der Waals surface area contributed by atoms with Gasteiger partial charge in [0.1, 0.15) is 0 Å². The summed E-state index contributed by atoms with van der Waals surface area (Å²) in [6.07, 6.45) is 0. The molecule has 0 aliphatic heterocycles. The third-order valence-electron chi connectivity index (χ3n) is 3.49. The normalized spacial score (nSPS) is 10.6. The molecule has 1 aromatic carbocycles. The molecule has 0 radical (unpaired) electrons. The molecular weight excluding hydrogens is 408 g/mol. The van der Waals surface area contributed by atoms with Gasteiger partial charge in [-0.15, -0.1) is 11.3 Å². The molecule has 2 aromatic heterocycles. The van der Waals surface area contributed by atoms with E-state index in [2.05, 4.69) is 36.4 Å². The monoisotopic (exact) mass is 422 g/mol. The summed E-state index contributed by atoms with van der Waals surface area (Å²) in [6, 6.07) is 5.54. The number of methoxy groups -OCH3 is 2. The van der Waals surface area contributed by atoms with Crippen molar-refractivity contribution in [2.45, 2.75) is 6.92 Å². The minimum atomic E-state index is -0.329. The predicted molar refractivity (Wildman–Crippen MR) is 99.6 cm³/mol. The lowest BCUT2D eigenvalue weighted by atomic mass is 10.1. The molecule has 0 saturated heterocycles. The van der Waals surface area contributed by atoms with Crippen LogP contribution >= 0.6 is 27.3 Å². The second-order valence-corrected chi connectivity index (χ2v) is 6.72. The van der Waals surface area contributed by atoms with Gasteiger partial charge in [0.05, 0.1) is 24.4 Å². The zero-order chi connectivity index (χ0) is 18.0. The van der Waals surface area contributed by atoms with Gasteiger partial charge in [0.15, 0.2) is 22.3 Å². The SMILES string of the molecule is COc1ccc(-c2csc(NC(=O)c3n[nH]c(C)c3Br)n2)cc1OC. The molecule has 0 aliphatic rings. The second-order valence-electron chi connectivity index (χ2n) is 5.07. The number of nitrogens with one attached hydrogen (secondary N) is 2. The molecule has 3 aromatic rings. The lowest BCUT2D eigenvalue weighted by Crippen LogP contribution is -2.12. The molecule has 0 saturated carbocycles. The Morgan fingerprint density at radius 3 is 2.68 bits per heavy atom. The number of ether oxygens (including phenoxy) is 2. The third kappa shape index (κ3) is 3.52. The third-order valence-corrected chi connectivity index (χ3v) is 5.22. The molecule has 1 amide bonds. The fourth-order valence-corrected chi connectivity index (χ4v) is 3.25. The van der Waals surface area contributed by atoms with Crippen molar-refractivity contribution in [3.05, 3.63) is 39.4 Å². The average Bonchev–Trinajstić information content (AvgIpc) is 3.21. The van der Waals surface area contributed by atoms with E-state index in [1.165, 1.54) is 11.3 Å². The number of benzene rings is 1. The summed E-state index contributed by atoms with van der Waals surface area (Å²) in [6.45, 7) is 1.83. The molecule has 130 valence electrons. The van der Waals surface area contributed by atoms with E-state index in [4.69, 9.17) is 9.47 Å². The topological polar surface area (TPSA) is 89.1 Å². The average molecular weight is 423 g/mol. The molecule has 0 atom stereocenters. The first-order chi connectivity index (χ1) is 12.0. The number of carbonyl (C=O) groups is 1. The van der Waals surface area contributed by atoms with Crippen molar-refractivity contribution >= 4 is 38.3 Å². The van der Waals surface area contributed by atoms with Crippen LogP contribution in [0.5, 0.6) is 11.5 Å². The van der Waals surface area contributed by atoms with E-state index in [-0.39, 0.29) is 5.91 Å². The van der Waals surface area contributed by atoms with Crippen molar-refractivity contribution < 1.29 is 14.3 Å². The number of rotatable bonds is 5. The number of hydrogen-bond donors (Lipinski definition) is 2. The summed E-state index contributed by atoms with van der Waals surface area (Å²) in [7, 11) is 3.17. The van der Waals surface area contributed by atoms with Gasteiger partial charge in [-0.25, -0.2) is 4.98 Å². The Kier molecular flexibility index (Phi) is 5.05. The molecule has 0 fully saturated rings. The van der Waals surface area contributed by atoms with E-state index in [1.54, 1.807) is 14.2 Å². The molecule has 25 heavy (non-hydrogen) atoms. The van der Waals surface area contributed by atoms with Gasteiger partial charge >= 0.3 is 0 Å². The number of aromatic amines is 1. The lowest BCUT2D eigenvalue weighted by molar-refractivity contribution is 0.102. The number of anilines is 1. The van der Waals surface area contributed by atoms with Crippen LogP contribution in [0.15, 0.2) is 28.1 Å². The molecule has 3 rings (SSSR count). The maximum absolute atomic E-state index is 12.3. The molecule has 0 unspecified atom stereocenters. The number of carbonyl (C=O) groups excluding carboxylic acids is 1. The van der Waals surface area contributed by atoms with Crippen molar-refractivity contribution in [3.8, 4) is 22.8 Å². The van der Waals surface area contributed by atoms with E-state index < -0.39 is 0 Å². The Morgan fingerprint density at radius 2 is 2.04 bits per heavy atom. The smallest absolute Gasteiger partial charge is 0.279 e. The van der Waals surface area contributed by atoms with Crippen LogP contribution in [-0.4, -0.2) is 35.3 Å². The van der Waals surface area contributed by atoms with Gasteiger partial charge in [-0.05, 0) is 41.1 Å². The number of halogens is 1. The highest BCUT2D eigenvalue weighted by molar-refractivity contribution is 9.10. The lowest BCUT2D eigenvalue weighted by Gasteiger charge is -2.08. The van der Waals surface area contributed by atoms with Crippen molar-refractivity contribution in [2.75, 3.05) is 19.5 Å². The van der Waals surface area contributed by atoms with Gasteiger partial charge in [-0.1, -0.05) is 0 Å². The van der Waals surface area contributed by atoms with Crippen LogP contribution in [0.2, 0.25) is 0 Å². The van der Waals surface area contributed by atoms with Crippen LogP contribution in [0.1, 0.15) is 16.2 Å². The van der Waals surface area contributed by atoms with Crippen molar-refractivity contribution in [1.82, 2.24) is 15.2 Å². The van der Waals surface area contributed by atoms with Crippen LogP contribution in [0, 0.1) is 6.92 Å². The highest BCUT2D eigenvalue weighted by atomic mass is 79.9. The fourth-order valence-electron chi connectivity index (χ4n) is 2.18. The van der Waals surface area contributed by atoms with Crippen LogP contribution in [0.4, 0.5) is 5.13 Å². The van der Waals surface area contributed by atoms with Gasteiger partial charge in [-0.3, -0.25) is 15.2 Å². The first-order valence-electron chi connectivity index (χ1n) is 7.23. The summed E-state index contributed by atoms with van der Waals surface area (Å²) in [4.78, 5) is 16.7. The molecular formula is C16H15BrN4O3S. The molecule has 0 spiro atoms. The summed E-state index contributed by atoms with van der Waals surface area (Å²) >= 11 is 4.67. The molecule has 7 nitrogen and oxygen atoms in total. The van der Waals surface area contributed by atoms with Gasteiger partial charge in [0.25, 0.3) is 5.91 Å². The van der Waals surface area contributed by atoms with E-state index in [0.717, 1.165) is 17.0 Å². The maximum Gasteiger partial charge on any atom is 0.279 e. The predicted octanol–water partition coefficient (Wildman–Crippen LogP) is 3.87. The van der Waals surface area contributed by atoms with Crippen LogP contribution in [0.25, 0.3) is 11.3 Å². The van der Waals surface area contributed by atoms with Gasteiger partial charge in [0.2, 0.25) is 0 Å². The first-order valence-corrected chi connectivity index (χ1v) is 8.90. The van der Waals surface area contributed by atoms with Crippen LogP contribution < -0.4 is 14.8 Å². The zero-order valence-electron chi connectivity index (χ0n) is 13.7. The van der Waals surface area contributed by atoms with Crippen molar-refractivity contribution in [3.63, 3.8) is 0 Å². The molecule has 0 aliphatic carbocycles. The summed E-state index contributed by atoms with van der Waals surface area (Å²) in [5.74, 6) is 0.938. The molecule has 9 heteroatoms. The number of aryl methyl sites for hydroxylation is 1. The Labute approximate surface area is 156 Å². The van der Waals surface area contributed by atoms with Crippen molar-refractivity contribution in [2.24, 2.45) is 0 Å². The van der Waals surface area contributed by atoms with Gasteiger partial charge < -0.3 is 9.47 Å². The Bertz CT molecular complexity index is 922. The van der Waals surface area contributed by atoms with Crippen LogP contribution in [0.3, 0.4) is 0 Å². The summed E-state index contributed by atoms with van der Waals surface area (Å²) < 4.78 is 11.2. The number of amides is 1. The van der Waals surface area contributed by atoms with Crippen LogP contribution in [-0.2, 0) is 0 Å². The number of thiazole rings is 1. The van der Waals surface area contributed by atoms with Gasteiger partial charge in [-0.2, -0.15) is 5.10 Å². The maximum atomic E-state index is 12.3. The Balaban J connectivity index is 1.81. The minimum absolute atomic E-state index is 0.292.